The molecule has 1 aliphatic rings. The predicted octanol–water partition coefficient (Wildman–Crippen LogP) is 2.07. The third kappa shape index (κ3) is 2.94. The van der Waals surface area contributed by atoms with E-state index >= 15 is 0 Å². The minimum Gasteiger partial charge on any atom is -0.459 e. The van der Waals surface area contributed by atoms with Gasteiger partial charge in [0.2, 0.25) is 0 Å². The maximum absolute atomic E-state index is 11.6. The normalized spacial score (nSPS) is 19.4. The zero-order valence-electron chi connectivity index (χ0n) is 8.96. The second kappa shape index (κ2) is 5.47. The summed E-state index contributed by atoms with van der Waals surface area (Å²) in [4.78, 5) is 11.6. The summed E-state index contributed by atoms with van der Waals surface area (Å²) in [5.41, 5.74) is 0.988. The Morgan fingerprint density at radius 3 is 2.81 bits per heavy atom. The maximum Gasteiger partial charge on any atom is 0.335 e. The lowest BCUT2D eigenvalue weighted by Gasteiger charge is -2.17. The Labute approximate surface area is 94.7 Å². The van der Waals surface area contributed by atoms with E-state index in [4.69, 9.17) is 9.47 Å². The van der Waals surface area contributed by atoms with Crippen molar-refractivity contribution in [2.45, 2.75) is 19.1 Å². The first-order valence-electron chi connectivity index (χ1n) is 5.33. The van der Waals surface area contributed by atoms with Gasteiger partial charge in [0.15, 0.2) is 6.10 Å². The van der Waals surface area contributed by atoms with E-state index in [1.807, 2.05) is 42.5 Å². The van der Waals surface area contributed by atoms with Gasteiger partial charge in [-0.1, -0.05) is 42.5 Å². The van der Waals surface area contributed by atoms with E-state index in [-0.39, 0.29) is 5.97 Å². The Morgan fingerprint density at radius 1 is 1.31 bits per heavy atom. The van der Waals surface area contributed by atoms with Gasteiger partial charge in [-0.3, -0.25) is 0 Å². The number of hydrogen-bond donors (Lipinski definition) is 0. The molecule has 0 aliphatic carbocycles. The molecule has 16 heavy (non-hydrogen) atoms. The molecular weight excluding hydrogens is 204 g/mol. The van der Waals surface area contributed by atoms with Crippen LogP contribution in [0.1, 0.15) is 12.0 Å². The van der Waals surface area contributed by atoms with Crippen LogP contribution in [0.3, 0.4) is 0 Å². The highest BCUT2D eigenvalue weighted by molar-refractivity contribution is 5.75. The van der Waals surface area contributed by atoms with Crippen molar-refractivity contribution in [1.29, 1.82) is 0 Å². The molecule has 0 fully saturated rings. The van der Waals surface area contributed by atoms with Gasteiger partial charge in [0.1, 0.15) is 6.61 Å². The molecule has 3 nitrogen and oxygen atoms in total. The van der Waals surface area contributed by atoms with Crippen LogP contribution in [0.4, 0.5) is 0 Å². The molecule has 1 aromatic carbocycles. The van der Waals surface area contributed by atoms with Crippen LogP contribution < -0.4 is 0 Å². The minimum atomic E-state index is -0.436. The van der Waals surface area contributed by atoms with Gasteiger partial charge in [-0.15, -0.1) is 0 Å². The summed E-state index contributed by atoms with van der Waals surface area (Å²) in [6.45, 7) is 0.800. The number of carbonyl (C=O) groups is 1. The molecule has 0 radical (unpaired) electrons. The van der Waals surface area contributed by atoms with Crippen molar-refractivity contribution in [1.82, 2.24) is 0 Å². The molecule has 84 valence electrons. The average molecular weight is 218 g/mol. The molecule has 1 atom stereocenters. The molecule has 3 heteroatoms. The molecule has 0 bridgehead atoms. The topological polar surface area (TPSA) is 35.5 Å². The monoisotopic (exact) mass is 218 g/mol. The number of ether oxygens (including phenoxy) is 2. The minimum absolute atomic E-state index is 0.284. The fourth-order valence-corrected chi connectivity index (χ4v) is 1.51. The summed E-state index contributed by atoms with van der Waals surface area (Å²) in [7, 11) is 0. The first-order chi connectivity index (χ1) is 7.86. The Kier molecular flexibility index (Phi) is 3.72. The van der Waals surface area contributed by atoms with Crippen LogP contribution in [0.15, 0.2) is 42.5 Å². The van der Waals surface area contributed by atoms with Crippen molar-refractivity contribution in [3.63, 3.8) is 0 Å². The average Bonchev–Trinajstić information content (AvgIpc) is 2.38. The number of rotatable bonds is 3. The summed E-state index contributed by atoms with van der Waals surface area (Å²) in [6, 6.07) is 9.62. The highest BCUT2D eigenvalue weighted by atomic mass is 16.6. The smallest absolute Gasteiger partial charge is 0.335 e. The largest absolute Gasteiger partial charge is 0.459 e. The molecule has 2 rings (SSSR count). The highest BCUT2D eigenvalue weighted by Crippen LogP contribution is 2.09. The lowest BCUT2D eigenvalue weighted by Crippen LogP contribution is -2.27. The second-order valence-electron chi connectivity index (χ2n) is 3.62. The molecule has 1 aliphatic heterocycles. The van der Waals surface area contributed by atoms with Gasteiger partial charge >= 0.3 is 5.97 Å². The van der Waals surface area contributed by atoms with Crippen LogP contribution in [-0.2, 0) is 20.9 Å². The molecule has 0 saturated carbocycles. The van der Waals surface area contributed by atoms with Crippen molar-refractivity contribution in [3.8, 4) is 0 Å². The quantitative estimate of drug-likeness (QED) is 0.575. The van der Waals surface area contributed by atoms with E-state index < -0.39 is 6.10 Å². The molecule has 0 saturated heterocycles. The van der Waals surface area contributed by atoms with Crippen molar-refractivity contribution in [3.05, 3.63) is 48.0 Å². The van der Waals surface area contributed by atoms with Crippen molar-refractivity contribution in [2.24, 2.45) is 0 Å². The summed E-state index contributed by atoms with van der Waals surface area (Å²) in [5.74, 6) is -0.284. The van der Waals surface area contributed by atoms with Gasteiger partial charge in [-0.05, 0) is 5.56 Å². The van der Waals surface area contributed by atoms with Crippen LogP contribution >= 0.6 is 0 Å². The number of carbonyl (C=O) groups excluding carboxylic acids is 1. The van der Waals surface area contributed by atoms with Gasteiger partial charge < -0.3 is 9.47 Å². The maximum atomic E-state index is 11.6. The van der Waals surface area contributed by atoms with Gasteiger partial charge in [0.25, 0.3) is 0 Å². The molecule has 0 amide bonds. The molecule has 0 aromatic heterocycles. The predicted molar refractivity (Wildman–Crippen MR) is 59.7 cm³/mol. The standard InChI is InChI=1S/C13H14O3/c14-13(12-8-4-5-9-15-12)16-10-11-6-2-1-3-7-11/h1-7,12H,8-10H2. The van der Waals surface area contributed by atoms with Crippen molar-refractivity contribution in [2.75, 3.05) is 6.61 Å². The molecule has 1 heterocycles. The van der Waals surface area contributed by atoms with Crippen LogP contribution in [0.5, 0.6) is 0 Å². The fraction of sp³-hybridized carbons (Fsp3) is 0.308. The fourth-order valence-electron chi connectivity index (χ4n) is 1.51. The van der Waals surface area contributed by atoms with E-state index in [2.05, 4.69) is 0 Å². The first-order valence-corrected chi connectivity index (χ1v) is 5.33. The van der Waals surface area contributed by atoms with Gasteiger partial charge in [-0.25, -0.2) is 4.79 Å². The van der Waals surface area contributed by atoms with E-state index in [1.54, 1.807) is 0 Å². The van der Waals surface area contributed by atoms with E-state index in [0.717, 1.165) is 5.56 Å². The second-order valence-corrected chi connectivity index (χ2v) is 3.62. The lowest BCUT2D eigenvalue weighted by atomic mass is 10.2. The molecule has 0 spiro atoms. The third-order valence-corrected chi connectivity index (χ3v) is 2.40. The highest BCUT2D eigenvalue weighted by Gasteiger charge is 2.20. The van der Waals surface area contributed by atoms with Crippen LogP contribution in [0, 0.1) is 0 Å². The van der Waals surface area contributed by atoms with Crippen LogP contribution in [-0.4, -0.2) is 18.7 Å². The van der Waals surface area contributed by atoms with E-state index in [9.17, 15) is 4.79 Å². The number of benzene rings is 1. The zero-order valence-corrected chi connectivity index (χ0v) is 8.96. The third-order valence-electron chi connectivity index (χ3n) is 2.40. The van der Waals surface area contributed by atoms with Crippen LogP contribution in [0.2, 0.25) is 0 Å². The summed E-state index contributed by atoms with van der Waals surface area (Å²) in [6.07, 6.45) is 4.01. The molecular formula is C13H14O3. The Balaban J connectivity index is 1.82. The van der Waals surface area contributed by atoms with E-state index in [0.29, 0.717) is 19.6 Å². The SMILES string of the molecule is O=C(OCc1ccccc1)C1CC=CCO1. The lowest BCUT2D eigenvalue weighted by molar-refractivity contribution is -0.158. The Bertz CT molecular complexity index is 370. The van der Waals surface area contributed by atoms with Gasteiger partial charge in [0, 0.05) is 6.42 Å². The summed E-state index contributed by atoms with van der Waals surface area (Å²) in [5, 5.41) is 0. The summed E-state index contributed by atoms with van der Waals surface area (Å²) >= 11 is 0. The number of esters is 1. The Morgan fingerprint density at radius 2 is 2.12 bits per heavy atom. The molecule has 1 aromatic rings. The number of hydrogen-bond acceptors (Lipinski definition) is 3. The molecule has 1 unspecified atom stereocenters. The van der Waals surface area contributed by atoms with Crippen molar-refractivity contribution >= 4 is 5.97 Å². The van der Waals surface area contributed by atoms with E-state index in [1.165, 1.54) is 0 Å². The van der Waals surface area contributed by atoms with Gasteiger partial charge in [0.05, 0.1) is 6.61 Å². The van der Waals surface area contributed by atoms with Gasteiger partial charge in [-0.2, -0.15) is 0 Å². The zero-order chi connectivity index (χ0) is 11.2. The summed E-state index contributed by atoms with van der Waals surface area (Å²) < 4.78 is 10.4. The molecule has 0 N–H and O–H groups in total. The first kappa shape index (κ1) is 10.9. The van der Waals surface area contributed by atoms with Crippen LogP contribution in [0.25, 0.3) is 0 Å². The Hall–Kier alpha value is -1.61. The van der Waals surface area contributed by atoms with Crippen molar-refractivity contribution < 1.29 is 14.3 Å².